The van der Waals surface area contributed by atoms with E-state index in [1.54, 1.807) is 0 Å². The van der Waals surface area contributed by atoms with Gasteiger partial charge in [0.15, 0.2) is 10.7 Å². The quantitative estimate of drug-likeness (QED) is 0.176. The van der Waals surface area contributed by atoms with Crippen molar-refractivity contribution in [2.75, 3.05) is 19.0 Å². The normalized spacial score (nSPS) is 30.6. The average Bonchev–Trinajstić information content (AvgIpc) is 2.80. The van der Waals surface area contributed by atoms with E-state index in [9.17, 15) is 32.9 Å². The molecule has 2 heterocycles. The van der Waals surface area contributed by atoms with Crippen LogP contribution in [-0.2, 0) is 31.6 Å². The summed E-state index contributed by atoms with van der Waals surface area (Å²) in [4.78, 5) is 50.9. The Kier molecular flexibility index (Phi) is 7.58. The van der Waals surface area contributed by atoms with Gasteiger partial charge in [-0.15, -0.1) is 0 Å². The van der Waals surface area contributed by atoms with Crippen molar-refractivity contribution in [1.29, 1.82) is 0 Å². The van der Waals surface area contributed by atoms with Gasteiger partial charge in [-0.1, -0.05) is 11.6 Å². The number of phosphoric acid groups is 3. The minimum atomic E-state index is -5.83. The molecule has 2 rings (SSSR count). The van der Waals surface area contributed by atoms with Crippen LogP contribution >= 0.6 is 35.1 Å². The molecular formula is C10H16ClFN3O13P3. The van der Waals surface area contributed by atoms with Crippen molar-refractivity contribution in [2.45, 2.75) is 23.3 Å². The van der Waals surface area contributed by atoms with Gasteiger partial charge in [0.05, 0.1) is 6.61 Å². The Morgan fingerprint density at radius 3 is 2.42 bits per heavy atom. The molecule has 16 nitrogen and oxygen atoms in total. The number of halogens is 2. The summed E-state index contributed by atoms with van der Waals surface area (Å²) < 4.78 is 65.0. The Morgan fingerprint density at radius 2 is 1.90 bits per heavy atom. The fraction of sp³-hybridized carbons (Fsp3) is 0.600. The lowest BCUT2D eigenvalue weighted by molar-refractivity contribution is -0.146. The maximum Gasteiger partial charge on any atom is 0.490 e. The molecule has 1 aliphatic heterocycles. The van der Waals surface area contributed by atoms with Gasteiger partial charge in [0.25, 0.3) is 0 Å². The molecule has 0 spiro atoms. The fourth-order valence-electron chi connectivity index (χ4n) is 2.42. The highest BCUT2D eigenvalue weighted by Gasteiger charge is 2.61. The largest absolute Gasteiger partial charge is 0.490 e. The molecule has 0 aromatic carbocycles. The van der Waals surface area contributed by atoms with Crippen LogP contribution in [0.4, 0.5) is 10.2 Å². The summed E-state index contributed by atoms with van der Waals surface area (Å²) in [6.45, 7) is -3.04. The second-order valence-electron chi connectivity index (χ2n) is 6.07. The van der Waals surface area contributed by atoms with E-state index in [2.05, 4.69) is 18.1 Å². The monoisotopic (exact) mass is 533 g/mol. The van der Waals surface area contributed by atoms with Crippen molar-refractivity contribution in [2.24, 2.45) is 0 Å². The standard InChI is InChI=1S/C10H16ClFN3O13P3/c11-10(17)3-7(15-2-1-6(13)14-8(15)16)26-9(10,4-12)5-25-30(21,22)28-31(23,24)27-29(18,19)20/h1-2,7,17H,3-5H2,(H,21,22)(H,23,24)(H2,13,14,16)(H2,18,19,20)/t7-,9-,10+/m1/s1. The molecule has 1 saturated heterocycles. The predicted octanol–water partition coefficient (Wildman–Crippen LogP) is -0.277. The zero-order valence-electron chi connectivity index (χ0n) is 14.9. The molecule has 21 heteroatoms. The third-order valence-electron chi connectivity index (χ3n) is 3.76. The minimum Gasteiger partial charge on any atom is -0.383 e. The predicted molar refractivity (Wildman–Crippen MR) is 97.0 cm³/mol. The number of anilines is 1. The molecule has 1 aromatic rings. The lowest BCUT2D eigenvalue weighted by Crippen LogP contribution is -2.52. The van der Waals surface area contributed by atoms with E-state index in [4.69, 9.17) is 36.8 Å². The summed E-state index contributed by atoms with van der Waals surface area (Å²) in [6.07, 6.45) is -0.994. The number of hydrogen-bond donors (Lipinski definition) is 6. The van der Waals surface area contributed by atoms with Crippen LogP contribution in [0, 0.1) is 0 Å². The molecule has 2 unspecified atom stereocenters. The number of nitrogen functional groups attached to an aromatic ring is 1. The van der Waals surface area contributed by atoms with E-state index in [1.807, 2.05) is 0 Å². The van der Waals surface area contributed by atoms with Gasteiger partial charge >= 0.3 is 29.2 Å². The van der Waals surface area contributed by atoms with Gasteiger partial charge < -0.3 is 35.2 Å². The van der Waals surface area contributed by atoms with E-state index in [0.717, 1.165) is 10.8 Å². The van der Waals surface area contributed by atoms with E-state index >= 15 is 0 Å². The highest BCUT2D eigenvalue weighted by molar-refractivity contribution is 7.66. The number of ether oxygens (including phenoxy) is 1. The average molecular weight is 534 g/mol. The summed E-state index contributed by atoms with van der Waals surface area (Å²) in [7, 11) is -17.1. The number of hydrogen-bond acceptors (Lipinski definition) is 11. The van der Waals surface area contributed by atoms with Gasteiger partial charge in [-0.25, -0.2) is 22.9 Å². The topological polar surface area (TPSA) is 250 Å². The first-order valence-corrected chi connectivity index (χ1v) is 12.6. The van der Waals surface area contributed by atoms with E-state index < -0.39 is 65.7 Å². The Morgan fingerprint density at radius 1 is 1.29 bits per heavy atom. The second-order valence-corrected chi connectivity index (χ2v) is 11.1. The Labute approximate surface area is 176 Å². The van der Waals surface area contributed by atoms with E-state index in [-0.39, 0.29) is 5.82 Å². The maximum atomic E-state index is 13.8. The molecular weight excluding hydrogens is 517 g/mol. The zero-order valence-corrected chi connectivity index (χ0v) is 18.4. The van der Waals surface area contributed by atoms with Crippen molar-refractivity contribution >= 4 is 40.9 Å². The molecule has 7 N–H and O–H groups in total. The summed E-state index contributed by atoms with van der Waals surface area (Å²) in [5.41, 5.74) is 1.78. The maximum absolute atomic E-state index is 13.8. The second kappa shape index (κ2) is 8.88. The van der Waals surface area contributed by atoms with Crippen molar-refractivity contribution < 1.29 is 60.6 Å². The molecule has 178 valence electrons. The molecule has 0 aliphatic carbocycles. The molecule has 0 saturated carbocycles. The number of rotatable bonds is 9. The molecule has 0 amide bonds. The van der Waals surface area contributed by atoms with Crippen LogP contribution < -0.4 is 11.4 Å². The van der Waals surface area contributed by atoms with E-state index in [1.165, 1.54) is 6.07 Å². The van der Waals surface area contributed by atoms with Crippen molar-refractivity contribution in [3.05, 3.63) is 22.7 Å². The Bertz CT molecular complexity index is 1030. The SMILES string of the molecule is Nc1ccn([C@H]2C[C@@](O)(Cl)[C@@](CF)(COP(=O)(O)OP(=O)(O)OP(=O)(O)O)O2)c(=O)n1. The molecule has 0 bridgehead atoms. The van der Waals surface area contributed by atoms with Crippen LogP contribution in [0.15, 0.2) is 17.1 Å². The molecule has 0 radical (unpaired) electrons. The first-order valence-electron chi connectivity index (χ1n) is 7.69. The molecule has 1 aliphatic rings. The summed E-state index contributed by atoms with van der Waals surface area (Å²) in [6, 6.07) is 1.18. The smallest absolute Gasteiger partial charge is 0.383 e. The Balaban J connectivity index is 2.21. The van der Waals surface area contributed by atoms with Gasteiger partial charge in [0.2, 0.25) is 0 Å². The van der Waals surface area contributed by atoms with Crippen LogP contribution in [-0.4, -0.2) is 58.2 Å². The zero-order chi connectivity index (χ0) is 23.9. The third kappa shape index (κ3) is 6.62. The first-order chi connectivity index (χ1) is 13.9. The summed E-state index contributed by atoms with van der Waals surface area (Å²) in [5, 5.41) is 7.74. The number of alkyl halides is 2. The van der Waals surface area contributed by atoms with Crippen molar-refractivity contribution in [3.63, 3.8) is 0 Å². The third-order valence-corrected chi connectivity index (χ3v) is 8.04. The van der Waals surface area contributed by atoms with E-state index in [0.29, 0.717) is 0 Å². The lowest BCUT2D eigenvalue weighted by atomic mass is 9.99. The van der Waals surface area contributed by atoms with Gasteiger partial charge in [0.1, 0.15) is 18.7 Å². The van der Waals surface area contributed by atoms with Crippen LogP contribution in [0.1, 0.15) is 12.6 Å². The van der Waals surface area contributed by atoms with Crippen LogP contribution in [0.25, 0.3) is 0 Å². The molecule has 31 heavy (non-hydrogen) atoms. The summed E-state index contributed by atoms with van der Waals surface area (Å²) in [5.74, 6) is -0.148. The fourth-order valence-corrected chi connectivity index (χ4v) is 5.76. The number of aromatic nitrogens is 2. The van der Waals surface area contributed by atoms with Crippen LogP contribution in [0.2, 0.25) is 0 Å². The molecule has 5 atom stereocenters. The van der Waals surface area contributed by atoms with Crippen molar-refractivity contribution in [1.82, 2.24) is 9.55 Å². The first kappa shape index (κ1) is 26.5. The molecule has 1 aromatic heterocycles. The van der Waals surface area contributed by atoms with Gasteiger partial charge in [-0.3, -0.25) is 9.09 Å². The highest BCUT2D eigenvalue weighted by Crippen LogP contribution is 2.66. The van der Waals surface area contributed by atoms with Gasteiger partial charge in [-0.2, -0.15) is 13.6 Å². The summed E-state index contributed by atoms with van der Waals surface area (Å²) >= 11 is 5.87. The number of aliphatic hydroxyl groups is 1. The van der Waals surface area contributed by atoms with Crippen LogP contribution in [0.5, 0.6) is 0 Å². The van der Waals surface area contributed by atoms with Gasteiger partial charge in [0, 0.05) is 12.6 Å². The minimum absolute atomic E-state index is 0.148. The number of nitrogens with two attached hydrogens (primary N) is 1. The lowest BCUT2D eigenvalue weighted by Gasteiger charge is -2.34. The highest BCUT2D eigenvalue weighted by atomic mass is 35.5. The number of phosphoric ester groups is 1. The molecule has 1 fully saturated rings. The van der Waals surface area contributed by atoms with Crippen LogP contribution in [0.3, 0.4) is 0 Å². The Hall–Kier alpha value is -0.770. The number of nitrogens with zero attached hydrogens (tertiary/aromatic N) is 2. The van der Waals surface area contributed by atoms with Crippen molar-refractivity contribution in [3.8, 4) is 0 Å². The van der Waals surface area contributed by atoms with Gasteiger partial charge in [-0.05, 0) is 6.07 Å².